The smallest absolute Gasteiger partial charge is 0.243 e. The summed E-state index contributed by atoms with van der Waals surface area (Å²) >= 11 is 0. The maximum Gasteiger partial charge on any atom is 0.243 e. The van der Waals surface area contributed by atoms with Crippen molar-refractivity contribution in [3.05, 3.63) is 64.7 Å². The van der Waals surface area contributed by atoms with Crippen LogP contribution in [0.2, 0.25) is 0 Å². The summed E-state index contributed by atoms with van der Waals surface area (Å²) in [6.45, 7) is 4.19. The molecule has 252 valence electrons. The molecule has 14 nitrogen and oxygen atoms in total. The summed E-state index contributed by atoms with van der Waals surface area (Å²) in [6.07, 6.45) is 2.22. The number of rotatable bonds is 19. The van der Waals surface area contributed by atoms with Gasteiger partial charge in [-0.3, -0.25) is 24.2 Å². The number of amides is 4. The highest BCUT2D eigenvalue weighted by atomic mass is 16.3. The van der Waals surface area contributed by atoms with E-state index in [1.807, 2.05) is 30.3 Å². The van der Waals surface area contributed by atoms with Crippen LogP contribution in [0.1, 0.15) is 54.4 Å². The third-order valence-electron chi connectivity index (χ3n) is 7.54. The molecule has 0 bridgehead atoms. The highest BCUT2D eigenvalue weighted by molar-refractivity contribution is 5.94. The Hall–Kier alpha value is -4.69. The lowest BCUT2D eigenvalue weighted by Gasteiger charge is -2.26. The number of benzene rings is 2. The van der Waals surface area contributed by atoms with Crippen molar-refractivity contribution >= 4 is 29.6 Å². The summed E-state index contributed by atoms with van der Waals surface area (Å²) < 4.78 is 0. The molecule has 0 aliphatic carbocycles. The van der Waals surface area contributed by atoms with Crippen LogP contribution in [0.25, 0.3) is 0 Å². The molecule has 4 atom stereocenters. The Labute approximate surface area is 269 Å². The van der Waals surface area contributed by atoms with Gasteiger partial charge in [-0.25, -0.2) is 0 Å². The minimum Gasteiger partial charge on any atom is -0.508 e. The third kappa shape index (κ3) is 12.7. The quantitative estimate of drug-likeness (QED) is 0.0530. The number of unbranched alkanes of at least 4 members (excludes halogenated alkanes) is 1. The van der Waals surface area contributed by atoms with Gasteiger partial charge in [0.1, 0.15) is 23.9 Å². The first-order chi connectivity index (χ1) is 21.8. The second kappa shape index (κ2) is 19.0. The maximum absolute atomic E-state index is 13.9. The molecule has 0 fully saturated rings. The lowest BCUT2D eigenvalue weighted by atomic mass is 9.95. The van der Waals surface area contributed by atoms with Gasteiger partial charge in [0.2, 0.25) is 23.6 Å². The van der Waals surface area contributed by atoms with Crippen LogP contribution >= 0.6 is 0 Å². The zero-order valence-electron chi connectivity index (χ0n) is 26.6. The van der Waals surface area contributed by atoms with Crippen molar-refractivity contribution in [1.29, 1.82) is 0 Å². The molecule has 0 unspecified atom stereocenters. The molecule has 46 heavy (non-hydrogen) atoms. The number of hydrogen-bond acceptors (Lipinski definition) is 8. The Morgan fingerprint density at radius 2 is 1.35 bits per heavy atom. The minimum atomic E-state index is -1.14. The maximum atomic E-state index is 13.9. The first-order valence-electron chi connectivity index (χ1n) is 15.4. The number of nitrogens with zero attached hydrogens (tertiary/aromatic N) is 1. The van der Waals surface area contributed by atoms with E-state index >= 15 is 0 Å². The van der Waals surface area contributed by atoms with E-state index in [0.717, 1.165) is 11.1 Å². The van der Waals surface area contributed by atoms with Crippen LogP contribution in [0, 0.1) is 13.8 Å². The molecule has 2 rings (SSSR count). The lowest BCUT2D eigenvalue weighted by Crippen LogP contribution is -2.58. The van der Waals surface area contributed by atoms with Crippen molar-refractivity contribution < 1.29 is 24.3 Å². The van der Waals surface area contributed by atoms with E-state index in [0.29, 0.717) is 36.9 Å². The number of hydrogen-bond donors (Lipinski definition) is 9. The Balaban J connectivity index is 2.34. The van der Waals surface area contributed by atoms with Gasteiger partial charge in [-0.15, -0.1) is 0 Å². The molecule has 0 aliphatic rings. The number of phenols is 1. The predicted molar refractivity (Wildman–Crippen MR) is 177 cm³/mol. The molecule has 14 heteroatoms. The topological polar surface area (TPSA) is 267 Å². The number of nitrogens with two attached hydrogens (primary N) is 5. The fourth-order valence-corrected chi connectivity index (χ4v) is 5.04. The number of carbonyl (C=O) groups excluding carboxylic acids is 4. The van der Waals surface area contributed by atoms with E-state index in [-0.39, 0.29) is 43.9 Å². The summed E-state index contributed by atoms with van der Waals surface area (Å²) in [5.74, 6) is -2.59. The van der Waals surface area contributed by atoms with Crippen molar-refractivity contribution in [2.75, 3.05) is 13.1 Å². The number of carbonyl (C=O) groups is 4. The molecule has 0 saturated carbocycles. The van der Waals surface area contributed by atoms with Gasteiger partial charge in [0, 0.05) is 13.0 Å². The molecule has 0 heterocycles. The summed E-state index contributed by atoms with van der Waals surface area (Å²) in [5.41, 5.74) is 31.2. The molecule has 14 N–H and O–H groups in total. The Morgan fingerprint density at radius 1 is 0.783 bits per heavy atom. The van der Waals surface area contributed by atoms with Gasteiger partial charge in [-0.1, -0.05) is 30.3 Å². The Bertz CT molecular complexity index is 1330. The van der Waals surface area contributed by atoms with Crippen LogP contribution in [-0.4, -0.2) is 72.0 Å². The molecule has 0 saturated heterocycles. The molecule has 2 aromatic rings. The lowest BCUT2D eigenvalue weighted by molar-refractivity contribution is -0.133. The molecule has 0 aliphatic heterocycles. The molecular formula is C32H49N9O5. The number of primary amides is 1. The van der Waals surface area contributed by atoms with Crippen LogP contribution in [0.15, 0.2) is 47.5 Å². The number of aliphatic imine (C=N–C) groups is 1. The number of nitrogens with one attached hydrogen (secondary N) is 3. The van der Waals surface area contributed by atoms with E-state index in [1.165, 1.54) is 0 Å². The van der Waals surface area contributed by atoms with Crippen LogP contribution in [0.4, 0.5) is 0 Å². The zero-order chi connectivity index (χ0) is 34.2. The fraction of sp³-hybridized carbons (Fsp3) is 0.469. The Kier molecular flexibility index (Phi) is 15.5. The van der Waals surface area contributed by atoms with Crippen LogP contribution < -0.4 is 44.6 Å². The molecule has 0 aromatic heterocycles. The molecule has 4 amide bonds. The highest BCUT2D eigenvalue weighted by Gasteiger charge is 2.30. The number of aryl methyl sites for hydroxylation is 2. The predicted octanol–water partition coefficient (Wildman–Crippen LogP) is -0.756. The van der Waals surface area contributed by atoms with Crippen LogP contribution in [0.3, 0.4) is 0 Å². The molecule has 0 radical (unpaired) electrons. The fourth-order valence-electron chi connectivity index (χ4n) is 5.04. The Morgan fingerprint density at radius 3 is 1.93 bits per heavy atom. The van der Waals surface area contributed by atoms with E-state index in [9.17, 15) is 24.3 Å². The van der Waals surface area contributed by atoms with Crippen molar-refractivity contribution in [3.8, 4) is 5.75 Å². The van der Waals surface area contributed by atoms with Crippen molar-refractivity contribution in [1.82, 2.24) is 16.0 Å². The van der Waals surface area contributed by atoms with Gasteiger partial charge in [0.15, 0.2) is 5.96 Å². The van der Waals surface area contributed by atoms with Gasteiger partial charge in [-0.2, -0.15) is 0 Å². The largest absolute Gasteiger partial charge is 0.508 e. The molecular weight excluding hydrogens is 590 g/mol. The normalized spacial score (nSPS) is 13.5. The second-order valence-electron chi connectivity index (χ2n) is 11.4. The number of guanidine groups is 1. The first-order valence-corrected chi connectivity index (χ1v) is 15.4. The molecule has 2 aromatic carbocycles. The van der Waals surface area contributed by atoms with Crippen molar-refractivity contribution in [3.63, 3.8) is 0 Å². The summed E-state index contributed by atoms with van der Waals surface area (Å²) in [7, 11) is 0. The average Bonchev–Trinajstić information content (AvgIpc) is 2.99. The number of aromatic hydroxyl groups is 1. The van der Waals surface area contributed by atoms with Crippen molar-refractivity contribution in [2.24, 2.45) is 33.7 Å². The van der Waals surface area contributed by atoms with Gasteiger partial charge in [0.25, 0.3) is 0 Å². The van der Waals surface area contributed by atoms with E-state index in [1.54, 1.807) is 26.0 Å². The van der Waals surface area contributed by atoms with Crippen LogP contribution in [-0.2, 0) is 32.0 Å². The second-order valence-corrected chi connectivity index (χ2v) is 11.4. The zero-order valence-corrected chi connectivity index (χ0v) is 26.6. The van der Waals surface area contributed by atoms with E-state index < -0.39 is 47.8 Å². The SMILES string of the molecule is Cc1cc(O)cc(C)c1C[C@H](NC(=O)[C@@H](N)Cc1ccccc1)C(=O)N[C@@H](CCCN=C(N)N)C(=O)N[C@@H](CCCCN)C(N)=O. The number of phenolic OH excluding ortho intramolecular Hbond substituents is 1. The van der Waals surface area contributed by atoms with Gasteiger partial charge in [-0.05, 0) is 93.3 Å². The van der Waals surface area contributed by atoms with Gasteiger partial charge < -0.3 is 49.7 Å². The standard InChI is InChI=1S/C32H49N9O5/c1-19-15-22(42)16-20(2)23(19)18-27(41-29(44)24(34)17-21-9-4-3-5-10-21)31(46)40-26(12-8-14-38-32(36)37)30(45)39-25(28(35)43)11-6-7-13-33/h3-5,9-10,15-16,24-27,42H,6-8,11-14,17-18,33-34H2,1-2H3,(H2,35,43)(H,39,45)(H,40,46)(H,41,44)(H4,36,37,38)/t24-,25-,26-,27-/m0/s1. The van der Waals surface area contributed by atoms with Crippen LogP contribution in [0.5, 0.6) is 5.75 Å². The highest BCUT2D eigenvalue weighted by Crippen LogP contribution is 2.22. The third-order valence-corrected chi connectivity index (χ3v) is 7.54. The van der Waals surface area contributed by atoms with E-state index in [2.05, 4.69) is 20.9 Å². The monoisotopic (exact) mass is 639 g/mol. The average molecular weight is 640 g/mol. The van der Waals surface area contributed by atoms with Gasteiger partial charge >= 0.3 is 0 Å². The minimum absolute atomic E-state index is 0.0545. The molecule has 0 spiro atoms. The summed E-state index contributed by atoms with van der Waals surface area (Å²) in [6, 6.07) is 8.18. The van der Waals surface area contributed by atoms with E-state index in [4.69, 9.17) is 28.7 Å². The summed E-state index contributed by atoms with van der Waals surface area (Å²) in [5, 5.41) is 18.2. The first kappa shape index (κ1) is 37.5. The summed E-state index contributed by atoms with van der Waals surface area (Å²) in [4.78, 5) is 56.6. The van der Waals surface area contributed by atoms with Crippen molar-refractivity contribution in [2.45, 2.75) is 83.0 Å². The van der Waals surface area contributed by atoms with Gasteiger partial charge in [0.05, 0.1) is 6.04 Å².